The Morgan fingerprint density at radius 1 is 0.571 bits per heavy atom. The molecule has 1 unspecified atom stereocenters. The summed E-state index contributed by atoms with van der Waals surface area (Å²) in [5, 5.41) is 0.802. The molecule has 1 atom stereocenters. The van der Waals surface area contributed by atoms with Gasteiger partial charge in [0.1, 0.15) is 23.0 Å². The largest absolute Gasteiger partial charge is 0.497 e. The maximum absolute atomic E-state index is 14.5. The maximum Gasteiger partial charge on any atom is 0.232 e. The Labute approximate surface area is 375 Å². The van der Waals surface area contributed by atoms with Crippen LogP contribution in [0.2, 0.25) is 0 Å². The molecule has 0 aromatic heterocycles. The van der Waals surface area contributed by atoms with Crippen LogP contribution in [-0.2, 0) is 4.57 Å². The van der Waals surface area contributed by atoms with Gasteiger partial charge in [-0.25, -0.2) is 0 Å². The van der Waals surface area contributed by atoms with Gasteiger partial charge in [0.2, 0.25) is 18.2 Å². The number of aryl methyl sites for hydroxylation is 6. The second-order valence-electron chi connectivity index (χ2n) is 17.4. The minimum Gasteiger partial charge on any atom is -0.497 e. The van der Waals surface area contributed by atoms with Gasteiger partial charge in [0.15, 0.2) is 11.0 Å². The number of methoxy groups -OCH3 is 4. The highest BCUT2D eigenvalue weighted by Crippen LogP contribution is 2.56. The normalized spacial score (nSPS) is 11.9. The quantitative estimate of drug-likeness (QED) is 0.0891. The average Bonchev–Trinajstić information content (AvgIpc) is 3.21. The molecule has 0 aliphatic rings. The molecule has 0 fully saturated rings. The Balaban J connectivity index is 0.000000280. The van der Waals surface area contributed by atoms with Crippen LogP contribution in [0.3, 0.4) is 0 Å². The third-order valence-corrected chi connectivity index (χ3v) is 15.7. The van der Waals surface area contributed by atoms with E-state index in [0.717, 1.165) is 38.7 Å². The molecule has 0 aliphatic carbocycles. The first-order valence-electron chi connectivity index (χ1n) is 20.8. The second kappa shape index (κ2) is 21.3. The van der Waals surface area contributed by atoms with E-state index in [1.807, 2.05) is 103 Å². The molecule has 11 heteroatoms. The van der Waals surface area contributed by atoms with E-state index in [4.69, 9.17) is 18.9 Å². The van der Waals surface area contributed by atoms with E-state index in [1.54, 1.807) is 12.1 Å². The molecule has 0 saturated heterocycles. The Kier molecular flexibility index (Phi) is 17.0. The van der Waals surface area contributed by atoms with Crippen LogP contribution in [0.25, 0.3) is 0 Å². The zero-order chi connectivity index (χ0) is 47.0. The van der Waals surface area contributed by atoms with E-state index in [2.05, 4.69) is 20.8 Å². The first-order chi connectivity index (χ1) is 29.6. The molecule has 0 spiro atoms. The van der Waals surface area contributed by atoms with E-state index in [0.29, 0.717) is 29.0 Å². The molecule has 0 aliphatic heterocycles. The molecule has 5 rings (SSSR count). The van der Waals surface area contributed by atoms with E-state index in [9.17, 15) is 23.7 Å². The van der Waals surface area contributed by atoms with E-state index >= 15 is 0 Å². The number of hydrogen-bond acceptors (Lipinski definition) is 9. The number of carbonyl (C=O) groups is 4. The van der Waals surface area contributed by atoms with Crippen molar-refractivity contribution in [3.63, 3.8) is 0 Å². The fraction of sp³-hybridized carbons (Fsp3) is 0.346. The molecule has 334 valence electrons. The molecule has 63 heavy (non-hydrogen) atoms. The molecular formula is C52H62O9P2. The average molecular weight is 893 g/mol. The van der Waals surface area contributed by atoms with Crippen LogP contribution in [0.5, 0.6) is 23.0 Å². The van der Waals surface area contributed by atoms with Gasteiger partial charge in [0.05, 0.1) is 47.5 Å². The summed E-state index contributed by atoms with van der Waals surface area (Å²) < 4.78 is 35.7. The van der Waals surface area contributed by atoms with Crippen LogP contribution in [0.1, 0.15) is 109 Å². The van der Waals surface area contributed by atoms with Crippen molar-refractivity contribution in [3.05, 3.63) is 147 Å². The zero-order valence-electron chi connectivity index (χ0n) is 39.2. The molecular weight excluding hydrogens is 831 g/mol. The van der Waals surface area contributed by atoms with Crippen molar-refractivity contribution in [2.24, 2.45) is 11.3 Å². The van der Waals surface area contributed by atoms with Crippen molar-refractivity contribution < 1.29 is 42.7 Å². The van der Waals surface area contributed by atoms with Crippen LogP contribution in [0.15, 0.2) is 91.0 Å². The molecule has 0 amide bonds. The summed E-state index contributed by atoms with van der Waals surface area (Å²) in [5.41, 5.74) is 5.82. The van der Waals surface area contributed by atoms with Crippen molar-refractivity contribution >= 4 is 42.5 Å². The number of hydrogen-bond donors (Lipinski definition) is 0. The van der Waals surface area contributed by atoms with Crippen LogP contribution < -0.4 is 24.3 Å². The Hall–Kier alpha value is -5.36. The van der Waals surface area contributed by atoms with Crippen molar-refractivity contribution in [3.8, 4) is 23.0 Å². The standard InChI is InChI=1S/C26H35O7P.C26H27O2P/c1-17(15-26(2,3)4)16-34(29,24(27)20-11-9-18(30-5)13-22(20)32-7)25(28)21-12-10-19(31-6)14-23(21)33-8;1-16-12-18(3)23(19(4)13-16)25(27)29(22-10-8-7-9-11-22)26(28)24-20(5)14-17(2)15-21(24)6/h9-14,17H,15-16H2,1-8H3;7-15H,1-6H3. The van der Waals surface area contributed by atoms with E-state index < -0.39 is 26.1 Å². The highest BCUT2D eigenvalue weighted by molar-refractivity contribution is 7.96. The summed E-state index contributed by atoms with van der Waals surface area (Å²) in [6.07, 6.45) is 0.628. The molecule has 0 bridgehead atoms. The lowest BCUT2D eigenvalue weighted by Crippen LogP contribution is -2.21. The lowest BCUT2D eigenvalue weighted by Gasteiger charge is -2.26. The molecule has 5 aromatic rings. The summed E-state index contributed by atoms with van der Waals surface area (Å²) in [7, 11) is -0.0176. The van der Waals surface area contributed by atoms with Gasteiger partial charge in [-0.05, 0) is 111 Å². The van der Waals surface area contributed by atoms with Crippen LogP contribution in [0, 0.1) is 52.9 Å². The smallest absolute Gasteiger partial charge is 0.232 e. The summed E-state index contributed by atoms with van der Waals surface area (Å²) in [5.74, 6) is 1.21. The first-order valence-corrected chi connectivity index (χ1v) is 24.1. The fourth-order valence-corrected chi connectivity index (χ4v) is 13.3. The Bertz CT molecular complexity index is 2350. The lowest BCUT2D eigenvalue weighted by atomic mass is 9.86. The van der Waals surface area contributed by atoms with Gasteiger partial charge in [-0.3, -0.25) is 19.2 Å². The topological polar surface area (TPSA) is 122 Å². The summed E-state index contributed by atoms with van der Waals surface area (Å²) >= 11 is 0. The summed E-state index contributed by atoms with van der Waals surface area (Å²) in [4.78, 5) is 55.2. The van der Waals surface area contributed by atoms with Gasteiger partial charge in [0, 0.05) is 29.4 Å². The number of ether oxygens (including phenoxy) is 4. The fourth-order valence-electron chi connectivity index (χ4n) is 8.31. The van der Waals surface area contributed by atoms with Crippen LogP contribution in [0.4, 0.5) is 0 Å². The van der Waals surface area contributed by atoms with Gasteiger partial charge in [0.25, 0.3) is 0 Å². The van der Waals surface area contributed by atoms with Gasteiger partial charge < -0.3 is 23.5 Å². The van der Waals surface area contributed by atoms with Gasteiger partial charge in [-0.2, -0.15) is 0 Å². The van der Waals surface area contributed by atoms with Crippen LogP contribution >= 0.6 is 15.1 Å². The first kappa shape index (κ1) is 50.3. The minimum absolute atomic E-state index is 0.0632. The van der Waals surface area contributed by atoms with Crippen molar-refractivity contribution in [2.75, 3.05) is 34.6 Å². The summed E-state index contributed by atoms with van der Waals surface area (Å²) in [6, 6.07) is 26.8. The number of benzene rings is 5. The highest BCUT2D eigenvalue weighted by atomic mass is 31.2. The third-order valence-electron chi connectivity index (χ3n) is 10.7. The summed E-state index contributed by atoms with van der Waals surface area (Å²) in [6.45, 7) is 20.0. The highest BCUT2D eigenvalue weighted by Gasteiger charge is 2.44. The van der Waals surface area contributed by atoms with Crippen LogP contribution in [-0.4, -0.2) is 56.7 Å². The molecule has 5 aromatic carbocycles. The third kappa shape index (κ3) is 12.0. The van der Waals surface area contributed by atoms with Gasteiger partial charge in [-0.1, -0.05) is 93.4 Å². The van der Waals surface area contributed by atoms with Crippen molar-refractivity contribution in [2.45, 2.75) is 75.7 Å². The Morgan fingerprint density at radius 2 is 0.952 bits per heavy atom. The second-order valence-corrected chi connectivity index (χ2v) is 22.0. The molecule has 0 saturated carbocycles. The van der Waals surface area contributed by atoms with E-state index in [-0.39, 0.29) is 51.2 Å². The van der Waals surface area contributed by atoms with Gasteiger partial charge in [-0.15, -0.1) is 0 Å². The molecule has 0 radical (unpaired) electrons. The zero-order valence-corrected chi connectivity index (χ0v) is 41.0. The molecule has 0 N–H and O–H groups in total. The predicted octanol–water partition coefficient (Wildman–Crippen LogP) is 12.5. The predicted molar refractivity (Wildman–Crippen MR) is 256 cm³/mol. The van der Waals surface area contributed by atoms with Gasteiger partial charge >= 0.3 is 0 Å². The maximum atomic E-state index is 14.5. The van der Waals surface area contributed by atoms with Crippen molar-refractivity contribution in [1.29, 1.82) is 0 Å². The minimum atomic E-state index is -4.13. The monoisotopic (exact) mass is 892 g/mol. The molecule has 9 nitrogen and oxygen atoms in total. The molecule has 0 heterocycles. The number of rotatable bonds is 16. The lowest BCUT2D eigenvalue weighted by molar-refractivity contribution is 0.102. The SMILES string of the molecule is COc1ccc(C(=O)P(=O)(CC(C)CC(C)(C)C)C(=O)c2ccc(OC)cc2OC)c(OC)c1.Cc1cc(C)c(C(=O)P(C(=O)c2c(C)cc(C)cc2C)c2ccccc2)c(C)c1. The van der Waals surface area contributed by atoms with Crippen molar-refractivity contribution in [1.82, 2.24) is 0 Å². The van der Waals surface area contributed by atoms with E-state index in [1.165, 1.54) is 52.7 Å². The number of carbonyl (C=O) groups excluding carboxylic acids is 4. The Morgan fingerprint density at radius 3 is 1.29 bits per heavy atom.